The summed E-state index contributed by atoms with van der Waals surface area (Å²) in [6.45, 7) is 0. The van der Waals surface area contributed by atoms with E-state index < -0.39 is 6.17 Å². The minimum Gasteiger partial charge on any atom is -0.374 e. The Kier molecular flexibility index (Phi) is 6.46. The molecule has 3 aliphatic rings. The summed E-state index contributed by atoms with van der Waals surface area (Å²) in [6.07, 6.45) is 8.36. The first kappa shape index (κ1) is 28.0. The zero-order valence-electron chi connectivity index (χ0n) is 26.5. The monoisotopic (exact) mass is 646 g/mol. The molecular weight excluding hydrogens is 617 g/mol. The maximum atomic E-state index is 5.37. The van der Waals surface area contributed by atoms with Crippen LogP contribution in [0.3, 0.4) is 0 Å². The number of amidine groups is 2. The number of thiophene rings is 1. The van der Waals surface area contributed by atoms with Gasteiger partial charge in [-0.3, -0.25) is 0 Å². The van der Waals surface area contributed by atoms with E-state index in [-0.39, 0.29) is 6.04 Å². The van der Waals surface area contributed by atoms with Crippen LogP contribution in [-0.4, -0.2) is 17.7 Å². The molecule has 0 fully saturated rings. The van der Waals surface area contributed by atoms with Gasteiger partial charge in [0.25, 0.3) is 0 Å². The topological polar surface area (TPSA) is 48.8 Å². The van der Waals surface area contributed by atoms with Crippen molar-refractivity contribution in [3.63, 3.8) is 0 Å². The molecule has 2 unspecified atom stereocenters. The molecule has 4 nitrogen and oxygen atoms in total. The van der Waals surface area contributed by atoms with E-state index in [0.717, 1.165) is 28.4 Å². The Morgan fingerprint density at radius 3 is 2.08 bits per heavy atom. The highest BCUT2D eigenvalue weighted by atomic mass is 32.1. The van der Waals surface area contributed by atoms with Crippen LogP contribution in [-0.2, 0) is 0 Å². The maximum absolute atomic E-state index is 5.37. The molecule has 49 heavy (non-hydrogen) atoms. The third kappa shape index (κ3) is 4.66. The highest BCUT2D eigenvalue weighted by Crippen LogP contribution is 2.35. The average molecular weight is 647 g/mol. The van der Waals surface area contributed by atoms with Crippen molar-refractivity contribution in [1.82, 2.24) is 10.6 Å². The molecule has 1 aromatic heterocycles. The third-order valence-electron chi connectivity index (χ3n) is 9.73. The molecule has 0 spiro atoms. The molecule has 2 aliphatic heterocycles. The number of nitrogens with one attached hydrogen (secondary N) is 2. The van der Waals surface area contributed by atoms with Gasteiger partial charge in [0.15, 0.2) is 6.17 Å². The summed E-state index contributed by atoms with van der Waals surface area (Å²) in [7, 11) is 0. The lowest BCUT2D eigenvalue weighted by atomic mass is 9.95. The molecule has 10 rings (SSSR count). The Morgan fingerprint density at radius 1 is 0.571 bits per heavy atom. The van der Waals surface area contributed by atoms with E-state index in [0.29, 0.717) is 0 Å². The van der Waals surface area contributed by atoms with Crippen LogP contribution in [0.5, 0.6) is 0 Å². The van der Waals surface area contributed by atoms with Gasteiger partial charge in [0.1, 0.15) is 11.7 Å². The zero-order chi connectivity index (χ0) is 32.3. The molecule has 3 heterocycles. The Bertz CT molecular complexity index is 2720. The molecule has 0 amide bonds. The summed E-state index contributed by atoms with van der Waals surface area (Å²) in [6, 6.07) is 47.5. The van der Waals surface area contributed by atoms with Gasteiger partial charge in [0.2, 0.25) is 0 Å². The molecular formula is C44H30N4S. The number of aliphatic imine (C=N–C) groups is 2. The summed E-state index contributed by atoms with van der Waals surface area (Å²) in [5, 5.41) is 14.8. The highest BCUT2D eigenvalue weighted by molar-refractivity contribution is 7.17. The second-order valence-corrected chi connectivity index (χ2v) is 13.7. The molecule has 0 radical (unpaired) electrons. The van der Waals surface area contributed by atoms with E-state index in [1.165, 1.54) is 58.2 Å². The highest BCUT2D eigenvalue weighted by Gasteiger charge is 2.26. The predicted molar refractivity (Wildman–Crippen MR) is 205 cm³/mol. The summed E-state index contributed by atoms with van der Waals surface area (Å²) in [4.78, 5) is 10.6. The molecule has 0 bridgehead atoms. The lowest BCUT2D eigenvalue weighted by Crippen LogP contribution is -2.43. The van der Waals surface area contributed by atoms with Crippen LogP contribution in [0.2, 0.25) is 0 Å². The fraction of sp³-hybridized carbons (Fsp3) is 0.0455. The zero-order valence-corrected chi connectivity index (χ0v) is 27.3. The number of benzene rings is 6. The van der Waals surface area contributed by atoms with Gasteiger partial charge < -0.3 is 10.6 Å². The molecule has 232 valence electrons. The van der Waals surface area contributed by atoms with Crippen LogP contribution in [0.4, 0.5) is 0 Å². The molecule has 7 aromatic rings. The number of hydrogen-bond acceptors (Lipinski definition) is 5. The molecule has 0 saturated carbocycles. The van der Waals surface area contributed by atoms with Crippen molar-refractivity contribution in [2.75, 3.05) is 0 Å². The minimum atomic E-state index is -0.420. The molecule has 5 heteroatoms. The first-order valence-electron chi connectivity index (χ1n) is 16.7. The number of nitrogens with zero attached hydrogens (tertiary/aromatic N) is 2. The van der Waals surface area contributed by atoms with Crippen LogP contribution >= 0.6 is 11.3 Å². The van der Waals surface area contributed by atoms with Crippen LogP contribution in [0, 0.1) is 0 Å². The van der Waals surface area contributed by atoms with Gasteiger partial charge in [-0.15, -0.1) is 11.3 Å². The van der Waals surface area contributed by atoms with E-state index in [4.69, 9.17) is 9.98 Å². The number of hydrogen-bond donors (Lipinski definition) is 2. The number of rotatable bonds is 4. The smallest absolute Gasteiger partial charge is 0.170 e. The van der Waals surface area contributed by atoms with Gasteiger partial charge in [-0.2, -0.15) is 0 Å². The summed E-state index contributed by atoms with van der Waals surface area (Å²) in [5.41, 5.74) is 6.82. The van der Waals surface area contributed by atoms with Gasteiger partial charge in [-0.1, -0.05) is 133 Å². The van der Waals surface area contributed by atoms with Gasteiger partial charge in [-0.05, 0) is 56.9 Å². The van der Waals surface area contributed by atoms with Gasteiger partial charge in [0, 0.05) is 36.5 Å². The van der Waals surface area contributed by atoms with Crippen molar-refractivity contribution >= 4 is 65.9 Å². The molecule has 2 N–H and O–H groups in total. The third-order valence-corrected chi connectivity index (χ3v) is 10.9. The molecule has 6 aromatic carbocycles. The maximum Gasteiger partial charge on any atom is 0.170 e. The van der Waals surface area contributed by atoms with Crippen molar-refractivity contribution < 1.29 is 0 Å². The largest absolute Gasteiger partial charge is 0.374 e. The lowest BCUT2D eigenvalue weighted by Gasteiger charge is -2.25. The normalized spacial score (nSPS) is 18.1. The Labute approximate surface area is 287 Å². The van der Waals surface area contributed by atoms with Crippen LogP contribution in [0.25, 0.3) is 42.9 Å². The summed E-state index contributed by atoms with van der Waals surface area (Å²) >= 11 is 1.87. The lowest BCUT2D eigenvalue weighted by molar-refractivity contribution is 0.763. The first-order valence-corrected chi connectivity index (χ1v) is 17.5. The van der Waals surface area contributed by atoms with E-state index in [2.05, 4.69) is 162 Å². The van der Waals surface area contributed by atoms with E-state index in [9.17, 15) is 0 Å². The van der Waals surface area contributed by atoms with Gasteiger partial charge in [-0.25, -0.2) is 9.98 Å². The van der Waals surface area contributed by atoms with Crippen LogP contribution < -0.4 is 20.4 Å². The minimum absolute atomic E-state index is 0.145. The van der Waals surface area contributed by atoms with Crippen LogP contribution in [0.1, 0.15) is 28.4 Å². The Morgan fingerprint density at radius 2 is 1.27 bits per heavy atom. The van der Waals surface area contributed by atoms with Crippen LogP contribution in [0.15, 0.2) is 168 Å². The second kappa shape index (κ2) is 11.3. The van der Waals surface area contributed by atoms with Crippen molar-refractivity contribution in [3.8, 4) is 0 Å². The van der Waals surface area contributed by atoms with E-state index >= 15 is 0 Å². The van der Waals surface area contributed by atoms with Crippen molar-refractivity contribution in [2.24, 2.45) is 9.98 Å². The molecule has 2 atom stereocenters. The predicted octanol–water partition coefficient (Wildman–Crippen LogP) is 8.11. The van der Waals surface area contributed by atoms with Crippen molar-refractivity contribution in [3.05, 3.63) is 190 Å². The van der Waals surface area contributed by atoms with E-state index in [1.54, 1.807) is 0 Å². The fourth-order valence-electron chi connectivity index (χ4n) is 7.42. The Balaban J connectivity index is 1.20. The average Bonchev–Trinajstić information content (AvgIpc) is 3.57. The standard InChI is InChI=1S/C44H30N4S/c1-3-13-27(14-4-1)40-39-36-26-30(23-24-38(36)49-41(39)34-21-11-12-22-37(34)45-40)43-46-42(28-15-5-2-6-16-28)47-44(48-43)35-25-29-17-7-8-18-31(29)32-19-9-10-20-33(32)35/h1-26,37,44-45H,(H,46,47,48). The molecule has 0 saturated heterocycles. The van der Waals surface area contributed by atoms with Crippen molar-refractivity contribution in [2.45, 2.75) is 12.2 Å². The SMILES string of the molecule is C1=CC2=c3sc4ccc(C5=NC(c6cc7ccccc7c7ccccc67)N=C(c6ccccc6)N5)cc4c3=C(c3ccccc3)NC2C=C1. The first-order chi connectivity index (χ1) is 24.3. The summed E-state index contributed by atoms with van der Waals surface area (Å²) in [5.74, 6) is 1.63. The quantitative estimate of drug-likeness (QED) is 0.190. The van der Waals surface area contributed by atoms with Gasteiger partial charge >= 0.3 is 0 Å². The Hall–Kier alpha value is -6.04. The van der Waals surface area contributed by atoms with Crippen molar-refractivity contribution in [1.29, 1.82) is 0 Å². The van der Waals surface area contributed by atoms with E-state index in [1.807, 2.05) is 17.4 Å². The summed E-state index contributed by atoms with van der Waals surface area (Å²) < 4.78 is 2.58. The fourth-order valence-corrected chi connectivity index (χ4v) is 8.67. The van der Waals surface area contributed by atoms with Gasteiger partial charge in [0.05, 0.1) is 11.7 Å². The number of allylic oxidation sites excluding steroid dienone is 2. The number of fused-ring (bicyclic) bond motifs is 7. The molecule has 1 aliphatic carbocycles. The second-order valence-electron chi connectivity index (χ2n) is 12.6.